The topological polar surface area (TPSA) is 23.5 Å². The molecule has 0 aromatic rings. The van der Waals surface area contributed by atoms with Gasteiger partial charge >= 0.3 is 0 Å². The molecule has 2 rings (SSSR count). The van der Waals surface area contributed by atoms with Crippen molar-refractivity contribution in [3.63, 3.8) is 0 Å². The van der Waals surface area contributed by atoms with E-state index in [1.165, 1.54) is 51.4 Å². The smallest absolute Gasteiger partial charge is 0.0499 e. The molecule has 0 spiro atoms. The van der Waals surface area contributed by atoms with Crippen molar-refractivity contribution in [2.24, 2.45) is 5.41 Å². The summed E-state index contributed by atoms with van der Waals surface area (Å²) in [6, 6.07) is 1.50. The number of likely N-dealkylation sites (tertiary alicyclic amines) is 1. The summed E-state index contributed by atoms with van der Waals surface area (Å²) >= 11 is 0. The molecule has 1 heterocycles. The lowest BCUT2D eigenvalue weighted by molar-refractivity contribution is 0.0242. The third-order valence-corrected chi connectivity index (χ3v) is 5.19. The second-order valence-electron chi connectivity index (χ2n) is 6.38. The minimum Gasteiger partial charge on any atom is -0.396 e. The molecule has 2 unspecified atom stereocenters. The second-order valence-corrected chi connectivity index (χ2v) is 6.38. The first-order valence-corrected chi connectivity index (χ1v) is 7.57. The van der Waals surface area contributed by atoms with Gasteiger partial charge in [0.1, 0.15) is 0 Å². The molecule has 17 heavy (non-hydrogen) atoms. The molecule has 2 atom stereocenters. The van der Waals surface area contributed by atoms with Crippen LogP contribution in [0.5, 0.6) is 0 Å². The number of hydrogen-bond donors (Lipinski definition) is 1. The maximum absolute atomic E-state index is 9.82. The van der Waals surface area contributed by atoms with Crippen LogP contribution in [-0.2, 0) is 0 Å². The molecule has 1 aliphatic heterocycles. The van der Waals surface area contributed by atoms with Crippen molar-refractivity contribution in [1.29, 1.82) is 0 Å². The van der Waals surface area contributed by atoms with E-state index in [1.807, 2.05) is 0 Å². The summed E-state index contributed by atoms with van der Waals surface area (Å²) in [5.74, 6) is 0. The summed E-state index contributed by atoms with van der Waals surface area (Å²) < 4.78 is 0. The zero-order valence-electron chi connectivity index (χ0n) is 11.6. The van der Waals surface area contributed by atoms with Gasteiger partial charge in [-0.2, -0.15) is 0 Å². The molecule has 0 aromatic carbocycles. The number of rotatable bonds is 4. The van der Waals surface area contributed by atoms with Crippen LogP contribution in [0.15, 0.2) is 0 Å². The molecule has 2 nitrogen and oxygen atoms in total. The maximum Gasteiger partial charge on any atom is 0.0499 e. The van der Waals surface area contributed by atoms with Crippen molar-refractivity contribution in [3.05, 3.63) is 0 Å². The van der Waals surface area contributed by atoms with Crippen LogP contribution in [0.3, 0.4) is 0 Å². The highest BCUT2D eigenvalue weighted by Crippen LogP contribution is 2.39. The fraction of sp³-hybridized carbons (Fsp3) is 1.00. The lowest BCUT2D eigenvalue weighted by Crippen LogP contribution is -2.46. The van der Waals surface area contributed by atoms with Crippen LogP contribution in [-0.4, -0.2) is 35.2 Å². The summed E-state index contributed by atoms with van der Waals surface area (Å²) in [6.45, 7) is 6.21. The van der Waals surface area contributed by atoms with Gasteiger partial charge in [-0.15, -0.1) is 0 Å². The van der Waals surface area contributed by atoms with Crippen LogP contribution in [0.2, 0.25) is 0 Å². The second kappa shape index (κ2) is 5.71. The number of aliphatic hydroxyl groups excluding tert-OH is 1. The highest BCUT2D eigenvalue weighted by molar-refractivity contribution is 4.92. The molecular formula is C15H29NO. The van der Waals surface area contributed by atoms with Crippen molar-refractivity contribution in [2.45, 2.75) is 77.3 Å². The van der Waals surface area contributed by atoms with Gasteiger partial charge in [-0.25, -0.2) is 0 Å². The fourth-order valence-corrected chi connectivity index (χ4v) is 3.90. The Morgan fingerprint density at radius 3 is 2.47 bits per heavy atom. The van der Waals surface area contributed by atoms with E-state index in [1.54, 1.807) is 0 Å². The summed E-state index contributed by atoms with van der Waals surface area (Å²) in [5.41, 5.74) is 0.226. The largest absolute Gasteiger partial charge is 0.396 e. The molecule has 2 aliphatic rings. The molecule has 1 aliphatic carbocycles. The molecule has 0 amide bonds. The number of nitrogens with zero attached hydrogens (tertiary/aromatic N) is 1. The van der Waals surface area contributed by atoms with Gasteiger partial charge in [-0.05, 0) is 39.0 Å². The van der Waals surface area contributed by atoms with E-state index in [-0.39, 0.29) is 5.41 Å². The van der Waals surface area contributed by atoms with Crippen molar-refractivity contribution < 1.29 is 5.11 Å². The quantitative estimate of drug-likeness (QED) is 0.814. The van der Waals surface area contributed by atoms with Crippen LogP contribution >= 0.6 is 0 Å². The monoisotopic (exact) mass is 239 g/mol. The normalized spacial score (nSPS) is 34.1. The molecule has 1 N–H and O–H groups in total. The molecule has 2 fully saturated rings. The summed E-state index contributed by atoms with van der Waals surface area (Å²) in [7, 11) is 0. The van der Waals surface area contributed by atoms with Gasteiger partial charge in [0.15, 0.2) is 0 Å². The number of aliphatic hydroxyl groups is 1. The van der Waals surface area contributed by atoms with Gasteiger partial charge in [0.05, 0.1) is 0 Å². The van der Waals surface area contributed by atoms with Gasteiger partial charge in [-0.3, -0.25) is 4.90 Å². The third kappa shape index (κ3) is 2.85. The molecule has 0 aromatic heterocycles. The first kappa shape index (κ1) is 13.4. The predicted molar refractivity (Wildman–Crippen MR) is 72.1 cm³/mol. The Kier molecular flexibility index (Phi) is 4.48. The average molecular weight is 239 g/mol. The Hall–Kier alpha value is -0.0800. The van der Waals surface area contributed by atoms with Crippen LogP contribution < -0.4 is 0 Å². The Balaban J connectivity index is 2.01. The van der Waals surface area contributed by atoms with Crippen molar-refractivity contribution in [1.82, 2.24) is 4.90 Å². The molecule has 0 radical (unpaired) electrons. The summed E-state index contributed by atoms with van der Waals surface area (Å²) in [5, 5.41) is 9.82. The van der Waals surface area contributed by atoms with E-state index in [0.29, 0.717) is 6.61 Å². The van der Waals surface area contributed by atoms with Gasteiger partial charge in [0.2, 0.25) is 0 Å². The predicted octanol–water partition coefficient (Wildman–Crippen LogP) is 3.19. The number of hydrogen-bond acceptors (Lipinski definition) is 2. The fourth-order valence-electron chi connectivity index (χ4n) is 3.90. The first-order valence-electron chi connectivity index (χ1n) is 7.57. The van der Waals surface area contributed by atoms with Gasteiger partial charge in [0.25, 0.3) is 0 Å². The molecule has 0 bridgehead atoms. The zero-order valence-corrected chi connectivity index (χ0v) is 11.6. The highest BCUT2D eigenvalue weighted by Gasteiger charge is 2.38. The molecule has 1 saturated carbocycles. The maximum atomic E-state index is 9.82. The molecule has 100 valence electrons. The van der Waals surface area contributed by atoms with Crippen molar-refractivity contribution >= 4 is 0 Å². The minimum absolute atomic E-state index is 0.226. The Morgan fingerprint density at radius 1 is 1.18 bits per heavy atom. The zero-order chi connectivity index (χ0) is 12.3. The van der Waals surface area contributed by atoms with Crippen LogP contribution in [0.4, 0.5) is 0 Å². The molecule has 2 heteroatoms. The SMILES string of the molecule is CCC1CCC(C)N1CC1(CO)CCCCC1. The van der Waals surface area contributed by atoms with Gasteiger partial charge < -0.3 is 5.11 Å². The first-order chi connectivity index (χ1) is 8.21. The van der Waals surface area contributed by atoms with E-state index in [2.05, 4.69) is 18.7 Å². The summed E-state index contributed by atoms with van der Waals surface area (Å²) in [4.78, 5) is 2.70. The lowest BCUT2D eigenvalue weighted by Gasteiger charge is -2.42. The highest BCUT2D eigenvalue weighted by atomic mass is 16.3. The van der Waals surface area contributed by atoms with Crippen LogP contribution in [0.25, 0.3) is 0 Å². The van der Waals surface area contributed by atoms with Crippen molar-refractivity contribution in [3.8, 4) is 0 Å². The van der Waals surface area contributed by atoms with Crippen molar-refractivity contribution in [2.75, 3.05) is 13.2 Å². The average Bonchev–Trinajstić information content (AvgIpc) is 2.72. The van der Waals surface area contributed by atoms with E-state index in [4.69, 9.17) is 0 Å². The molecule has 1 saturated heterocycles. The lowest BCUT2D eigenvalue weighted by atomic mass is 9.74. The minimum atomic E-state index is 0.226. The van der Waals surface area contributed by atoms with E-state index < -0.39 is 0 Å². The van der Waals surface area contributed by atoms with Crippen LogP contribution in [0.1, 0.15) is 65.2 Å². The Bertz CT molecular complexity index is 235. The molecular weight excluding hydrogens is 210 g/mol. The van der Waals surface area contributed by atoms with E-state index in [9.17, 15) is 5.11 Å². The Morgan fingerprint density at radius 2 is 1.88 bits per heavy atom. The standard InChI is InChI=1S/C15H29NO/c1-3-14-8-7-13(2)16(14)11-15(12-17)9-5-4-6-10-15/h13-14,17H,3-12H2,1-2H3. The van der Waals surface area contributed by atoms with E-state index in [0.717, 1.165) is 18.6 Å². The van der Waals surface area contributed by atoms with E-state index >= 15 is 0 Å². The van der Waals surface area contributed by atoms with Gasteiger partial charge in [0, 0.05) is 30.7 Å². The third-order valence-electron chi connectivity index (χ3n) is 5.19. The van der Waals surface area contributed by atoms with Crippen LogP contribution in [0, 0.1) is 5.41 Å². The van der Waals surface area contributed by atoms with Gasteiger partial charge in [-0.1, -0.05) is 26.2 Å². The Labute approximate surface area is 106 Å². The summed E-state index contributed by atoms with van der Waals surface area (Å²) in [6.07, 6.45) is 10.5.